The van der Waals surface area contributed by atoms with Gasteiger partial charge in [-0.1, -0.05) is 29.3 Å². The molecule has 2 aliphatic heterocycles. The number of nitrogens with zero attached hydrogens (tertiary/aromatic N) is 2. The number of hydrogen-bond acceptors (Lipinski definition) is 5. The molecule has 0 aromatic heterocycles. The zero-order valence-corrected chi connectivity index (χ0v) is 17.5. The molecule has 164 valence electrons. The molecular formula is C19H22Cl2FN3O5. The first-order valence-corrected chi connectivity index (χ1v) is 10.4. The molecule has 1 aromatic rings. The normalized spacial score (nSPS) is 19.9. The summed E-state index contributed by atoms with van der Waals surface area (Å²) >= 11 is 10.9. The van der Waals surface area contributed by atoms with Crippen molar-refractivity contribution in [3.63, 3.8) is 0 Å². The molecule has 0 aliphatic carbocycles. The second-order valence-electron chi connectivity index (χ2n) is 7.18. The highest BCUT2D eigenvalue weighted by Gasteiger charge is 2.33. The molecule has 3 rings (SSSR count). The van der Waals surface area contributed by atoms with Gasteiger partial charge in [-0.2, -0.15) is 0 Å². The van der Waals surface area contributed by atoms with Crippen molar-refractivity contribution in [1.82, 2.24) is 10.2 Å². The van der Waals surface area contributed by atoms with Crippen molar-refractivity contribution >= 4 is 46.8 Å². The summed E-state index contributed by atoms with van der Waals surface area (Å²) in [6.45, 7) is 0.589. The van der Waals surface area contributed by atoms with Crippen LogP contribution in [0.1, 0.15) is 24.3 Å². The Hall–Kier alpha value is -2.10. The van der Waals surface area contributed by atoms with Crippen LogP contribution in [-0.2, 0) is 14.3 Å². The van der Waals surface area contributed by atoms with Crippen molar-refractivity contribution < 1.29 is 28.6 Å². The van der Waals surface area contributed by atoms with Crippen molar-refractivity contribution in [3.05, 3.63) is 29.6 Å². The molecule has 30 heavy (non-hydrogen) atoms. The van der Waals surface area contributed by atoms with Gasteiger partial charge in [0.15, 0.2) is 4.84 Å². The van der Waals surface area contributed by atoms with Crippen LogP contribution < -0.4 is 10.2 Å². The number of aliphatic hydroxyl groups is 1. The summed E-state index contributed by atoms with van der Waals surface area (Å²) in [5.41, 5.74) is 0.886. The number of carbonyl (C=O) groups excluding carboxylic acids is 3. The van der Waals surface area contributed by atoms with Gasteiger partial charge in [-0.15, -0.1) is 0 Å². The van der Waals surface area contributed by atoms with Gasteiger partial charge >= 0.3 is 6.09 Å². The SMILES string of the molecule is O=C(NCC1CN(c2ccc(C3CCN(C(=O)CO)CC3)c(F)c2)C(=O)O1)C(Cl)Cl. The number of rotatable bonds is 6. The first-order chi connectivity index (χ1) is 14.3. The first kappa shape index (κ1) is 22.6. The Balaban J connectivity index is 1.61. The smallest absolute Gasteiger partial charge is 0.414 e. The Labute approximate surface area is 182 Å². The lowest BCUT2D eigenvalue weighted by Crippen LogP contribution is -2.39. The fourth-order valence-corrected chi connectivity index (χ4v) is 3.84. The fraction of sp³-hybridized carbons (Fsp3) is 0.526. The lowest BCUT2D eigenvalue weighted by atomic mass is 9.89. The highest BCUT2D eigenvalue weighted by molar-refractivity contribution is 6.53. The van der Waals surface area contributed by atoms with Gasteiger partial charge < -0.3 is 20.1 Å². The average Bonchev–Trinajstić information content (AvgIpc) is 3.12. The molecule has 8 nitrogen and oxygen atoms in total. The Morgan fingerprint density at radius 1 is 1.30 bits per heavy atom. The predicted octanol–water partition coefficient (Wildman–Crippen LogP) is 1.77. The molecule has 1 atom stereocenters. The number of aliphatic hydroxyl groups excluding tert-OH is 1. The van der Waals surface area contributed by atoms with Gasteiger partial charge in [-0.05, 0) is 36.5 Å². The van der Waals surface area contributed by atoms with E-state index < -0.39 is 35.4 Å². The highest BCUT2D eigenvalue weighted by Crippen LogP contribution is 2.32. The summed E-state index contributed by atoms with van der Waals surface area (Å²) < 4.78 is 20.0. The van der Waals surface area contributed by atoms with E-state index in [2.05, 4.69) is 5.32 Å². The summed E-state index contributed by atoms with van der Waals surface area (Å²) in [6, 6.07) is 4.59. The van der Waals surface area contributed by atoms with Crippen molar-refractivity contribution in [2.45, 2.75) is 29.7 Å². The van der Waals surface area contributed by atoms with E-state index in [1.807, 2.05) is 0 Å². The van der Waals surface area contributed by atoms with E-state index in [0.717, 1.165) is 0 Å². The number of ether oxygens (including phenoxy) is 1. The van der Waals surface area contributed by atoms with Gasteiger partial charge in [0.1, 0.15) is 18.5 Å². The number of amides is 3. The molecule has 2 heterocycles. The van der Waals surface area contributed by atoms with Crippen LogP contribution in [0.25, 0.3) is 0 Å². The zero-order chi connectivity index (χ0) is 21.8. The number of cyclic esters (lactones) is 1. The lowest BCUT2D eigenvalue weighted by Gasteiger charge is -2.32. The molecule has 1 unspecified atom stereocenters. The van der Waals surface area contributed by atoms with Gasteiger partial charge in [0.25, 0.3) is 5.91 Å². The Kier molecular flexibility index (Phi) is 7.38. The number of anilines is 1. The van der Waals surface area contributed by atoms with Crippen LogP contribution in [-0.4, -0.2) is 71.6 Å². The van der Waals surface area contributed by atoms with Gasteiger partial charge in [-0.25, -0.2) is 9.18 Å². The van der Waals surface area contributed by atoms with Crippen LogP contribution in [0.2, 0.25) is 0 Å². The minimum Gasteiger partial charge on any atom is -0.442 e. The minimum absolute atomic E-state index is 0.0444. The lowest BCUT2D eigenvalue weighted by molar-refractivity contribution is -0.135. The standard InChI is InChI=1S/C19H22Cl2FN3O5/c20-17(21)18(28)23-8-13-9-25(19(29)30-13)12-1-2-14(15(22)7-12)11-3-5-24(6-4-11)16(27)10-26/h1-2,7,11,13,17,26H,3-6,8-10H2,(H,23,28). The molecule has 2 saturated heterocycles. The third kappa shape index (κ3) is 5.14. The number of carbonyl (C=O) groups is 3. The monoisotopic (exact) mass is 461 g/mol. The third-order valence-electron chi connectivity index (χ3n) is 5.29. The maximum Gasteiger partial charge on any atom is 0.414 e. The maximum absolute atomic E-state index is 14.8. The van der Waals surface area contributed by atoms with Crippen LogP contribution in [0.4, 0.5) is 14.9 Å². The molecule has 2 N–H and O–H groups in total. The molecular weight excluding hydrogens is 440 g/mol. The number of piperidine rings is 1. The van der Waals surface area contributed by atoms with Gasteiger partial charge in [0.2, 0.25) is 5.91 Å². The first-order valence-electron chi connectivity index (χ1n) is 9.52. The number of alkyl halides is 2. The largest absolute Gasteiger partial charge is 0.442 e. The number of halogens is 3. The number of nitrogens with one attached hydrogen (secondary N) is 1. The number of hydrogen-bond donors (Lipinski definition) is 2. The van der Waals surface area contributed by atoms with Gasteiger partial charge in [0.05, 0.1) is 18.8 Å². The van der Waals surface area contributed by atoms with E-state index in [4.69, 9.17) is 33.0 Å². The second-order valence-corrected chi connectivity index (χ2v) is 8.28. The van der Waals surface area contributed by atoms with Crippen LogP contribution in [0.15, 0.2) is 18.2 Å². The summed E-state index contributed by atoms with van der Waals surface area (Å²) in [6.07, 6.45) is -0.0507. The van der Waals surface area contributed by atoms with Gasteiger partial charge in [-0.3, -0.25) is 14.5 Å². The Bertz CT molecular complexity index is 817. The van der Waals surface area contributed by atoms with Crippen LogP contribution in [0, 0.1) is 5.82 Å². The van der Waals surface area contributed by atoms with E-state index >= 15 is 0 Å². The number of likely N-dealkylation sites (tertiary alicyclic amines) is 1. The van der Waals surface area contributed by atoms with E-state index in [-0.39, 0.29) is 24.9 Å². The molecule has 3 amide bonds. The highest BCUT2D eigenvalue weighted by atomic mass is 35.5. The van der Waals surface area contributed by atoms with Crippen LogP contribution >= 0.6 is 23.2 Å². The molecule has 0 spiro atoms. The van der Waals surface area contributed by atoms with Gasteiger partial charge in [0, 0.05) is 13.1 Å². The quantitative estimate of drug-likeness (QED) is 0.628. The Morgan fingerprint density at radius 3 is 2.60 bits per heavy atom. The molecule has 2 fully saturated rings. The molecule has 1 aromatic carbocycles. The third-order valence-corrected chi connectivity index (χ3v) is 5.69. The van der Waals surface area contributed by atoms with E-state index in [0.29, 0.717) is 37.2 Å². The molecule has 0 saturated carbocycles. The molecule has 0 radical (unpaired) electrons. The summed E-state index contributed by atoms with van der Waals surface area (Å²) in [5.74, 6) is -1.39. The van der Waals surface area contributed by atoms with Crippen molar-refractivity contribution in [1.29, 1.82) is 0 Å². The average molecular weight is 462 g/mol. The van der Waals surface area contributed by atoms with Crippen molar-refractivity contribution in [2.75, 3.05) is 37.7 Å². The summed E-state index contributed by atoms with van der Waals surface area (Å²) in [7, 11) is 0. The van der Waals surface area contributed by atoms with Crippen molar-refractivity contribution in [2.24, 2.45) is 0 Å². The minimum atomic E-state index is -1.21. The fourth-order valence-electron chi connectivity index (χ4n) is 3.69. The molecule has 11 heteroatoms. The van der Waals surface area contributed by atoms with E-state index in [9.17, 15) is 18.8 Å². The molecule has 0 bridgehead atoms. The Morgan fingerprint density at radius 2 is 2.00 bits per heavy atom. The second kappa shape index (κ2) is 9.80. The summed E-state index contributed by atoms with van der Waals surface area (Å²) in [5, 5.41) is 11.4. The van der Waals surface area contributed by atoms with E-state index in [1.165, 1.54) is 11.0 Å². The predicted molar refractivity (Wildman–Crippen MR) is 108 cm³/mol. The number of benzene rings is 1. The summed E-state index contributed by atoms with van der Waals surface area (Å²) in [4.78, 5) is 36.8. The van der Waals surface area contributed by atoms with Crippen LogP contribution in [0.3, 0.4) is 0 Å². The van der Waals surface area contributed by atoms with E-state index in [1.54, 1.807) is 17.0 Å². The zero-order valence-electron chi connectivity index (χ0n) is 16.0. The topological polar surface area (TPSA) is 99.2 Å². The van der Waals surface area contributed by atoms with Crippen LogP contribution in [0.5, 0.6) is 0 Å². The van der Waals surface area contributed by atoms with Crippen molar-refractivity contribution in [3.8, 4) is 0 Å². The molecule has 2 aliphatic rings. The maximum atomic E-state index is 14.8.